The van der Waals surface area contributed by atoms with E-state index in [1.165, 1.54) is 6.92 Å². The summed E-state index contributed by atoms with van der Waals surface area (Å²) in [6.07, 6.45) is 3.20. The molecule has 94 valence electrons. The van der Waals surface area contributed by atoms with E-state index in [1.807, 2.05) is 0 Å². The molecule has 0 heterocycles. The first kappa shape index (κ1) is 13.6. The molecule has 0 aliphatic heterocycles. The minimum absolute atomic E-state index is 0.426. The lowest BCUT2D eigenvalue weighted by Gasteiger charge is -2.28. The predicted octanol–water partition coefficient (Wildman–Crippen LogP) is 2.40. The van der Waals surface area contributed by atoms with Crippen LogP contribution >= 0.6 is 0 Å². The van der Waals surface area contributed by atoms with Gasteiger partial charge in [-0.1, -0.05) is 19.3 Å². The summed E-state index contributed by atoms with van der Waals surface area (Å²) in [6, 6.07) is 0. The zero-order valence-corrected chi connectivity index (χ0v) is 10.6. The number of hydrogen-bond acceptors (Lipinski definition) is 3. The smallest absolute Gasteiger partial charge is 0.215 e. The van der Waals surface area contributed by atoms with Crippen LogP contribution < -0.4 is 0 Å². The van der Waals surface area contributed by atoms with Crippen LogP contribution in [0, 0.1) is 0 Å². The summed E-state index contributed by atoms with van der Waals surface area (Å²) in [5.41, 5.74) is 0. The molecule has 0 saturated heterocycles. The van der Waals surface area contributed by atoms with E-state index in [0.29, 0.717) is 12.8 Å². The van der Waals surface area contributed by atoms with Crippen molar-refractivity contribution in [3.05, 3.63) is 0 Å². The van der Waals surface area contributed by atoms with Crippen LogP contribution in [0.4, 0.5) is 4.39 Å². The summed E-state index contributed by atoms with van der Waals surface area (Å²) in [5.74, 6) is -0.426. The highest BCUT2D eigenvalue weighted by Crippen LogP contribution is 2.34. The lowest BCUT2D eigenvalue weighted by Crippen LogP contribution is -2.40. The number of carbonyl (C=O) groups excluding carboxylic acids is 1. The van der Waals surface area contributed by atoms with Gasteiger partial charge in [-0.2, -0.15) is 0 Å². The highest BCUT2D eigenvalue weighted by Gasteiger charge is 2.45. The summed E-state index contributed by atoms with van der Waals surface area (Å²) in [6.45, 7) is 2.23. The Morgan fingerprint density at radius 3 is 2.25 bits per heavy atom. The molecule has 0 aromatic heterocycles. The number of halogens is 1. The van der Waals surface area contributed by atoms with Gasteiger partial charge >= 0.3 is 0 Å². The van der Waals surface area contributed by atoms with Crippen molar-refractivity contribution in [3.8, 4) is 0 Å². The molecule has 0 amide bonds. The Labute approximate surface area is 96.3 Å². The Morgan fingerprint density at radius 1 is 1.31 bits per heavy atom. The molecular weight excluding hydrogens is 231 g/mol. The van der Waals surface area contributed by atoms with E-state index < -0.39 is 32.3 Å². The topological polar surface area (TPSA) is 51.2 Å². The summed E-state index contributed by atoms with van der Waals surface area (Å²) in [4.78, 5) is 10.9. The van der Waals surface area contributed by atoms with E-state index in [2.05, 4.69) is 0 Å². The van der Waals surface area contributed by atoms with Crippen molar-refractivity contribution in [1.82, 2.24) is 0 Å². The molecular formula is C11H19FO3S. The number of hydrogen-bond donors (Lipinski definition) is 0. The standard InChI is InChI=1S/C11H19FO3S/c1-9(13)8-11(2,12)16(14,15)10-6-4-3-5-7-10/h10H,3-8H2,1-2H3. The fourth-order valence-corrected chi connectivity index (χ4v) is 4.32. The molecule has 0 bridgehead atoms. The number of alkyl halides is 1. The first-order valence-corrected chi connectivity index (χ1v) is 7.24. The Kier molecular flexibility index (Phi) is 4.10. The van der Waals surface area contributed by atoms with Gasteiger partial charge in [0.1, 0.15) is 5.78 Å². The van der Waals surface area contributed by atoms with Crippen LogP contribution in [0.3, 0.4) is 0 Å². The van der Waals surface area contributed by atoms with E-state index in [1.54, 1.807) is 0 Å². The van der Waals surface area contributed by atoms with Gasteiger partial charge in [-0.05, 0) is 26.7 Å². The maximum absolute atomic E-state index is 14.1. The number of Topliss-reactive ketones (excluding diaryl/α,β-unsaturated/α-hetero) is 1. The van der Waals surface area contributed by atoms with E-state index in [-0.39, 0.29) is 0 Å². The van der Waals surface area contributed by atoms with Crippen LogP contribution in [-0.4, -0.2) is 24.5 Å². The molecule has 0 aromatic carbocycles. The fraction of sp³-hybridized carbons (Fsp3) is 0.909. The molecule has 1 saturated carbocycles. The molecule has 1 rings (SSSR count). The number of ketones is 1. The van der Waals surface area contributed by atoms with Crippen molar-refractivity contribution in [1.29, 1.82) is 0 Å². The maximum atomic E-state index is 14.1. The second-order valence-corrected chi connectivity index (χ2v) is 7.39. The van der Waals surface area contributed by atoms with Gasteiger partial charge in [0.05, 0.1) is 11.7 Å². The van der Waals surface area contributed by atoms with E-state index in [0.717, 1.165) is 26.2 Å². The molecule has 0 aromatic rings. The van der Waals surface area contributed by atoms with Crippen LogP contribution in [0.15, 0.2) is 0 Å². The molecule has 0 spiro atoms. The normalized spacial score (nSPS) is 22.7. The minimum Gasteiger partial charge on any atom is -0.300 e. The molecule has 3 nitrogen and oxygen atoms in total. The first-order valence-electron chi connectivity index (χ1n) is 5.69. The minimum atomic E-state index is -3.84. The van der Waals surface area contributed by atoms with Crippen LogP contribution in [0.1, 0.15) is 52.4 Å². The Balaban J connectivity index is 2.86. The SMILES string of the molecule is CC(=O)CC(C)(F)S(=O)(=O)C1CCCCC1. The van der Waals surface area contributed by atoms with Crippen LogP contribution in [0.25, 0.3) is 0 Å². The van der Waals surface area contributed by atoms with Gasteiger partial charge in [-0.25, -0.2) is 12.8 Å². The quantitative estimate of drug-likeness (QED) is 0.769. The van der Waals surface area contributed by atoms with E-state index >= 15 is 0 Å². The molecule has 0 N–H and O–H groups in total. The third kappa shape index (κ3) is 2.81. The largest absolute Gasteiger partial charge is 0.300 e. The molecule has 16 heavy (non-hydrogen) atoms. The molecule has 1 fully saturated rings. The van der Waals surface area contributed by atoms with Crippen molar-refractivity contribution in [2.24, 2.45) is 0 Å². The zero-order valence-electron chi connectivity index (χ0n) is 9.83. The summed E-state index contributed by atoms with van der Waals surface area (Å²) < 4.78 is 38.1. The van der Waals surface area contributed by atoms with Gasteiger partial charge in [-0.3, -0.25) is 4.79 Å². The van der Waals surface area contributed by atoms with Crippen LogP contribution in [0.5, 0.6) is 0 Å². The maximum Gasteiger partial charge on any atom is 0.215 e. The van der Waals surface area contributed by atoms with Crippen LogP contribution in [0.2, 0.25) is 0 Å². The highest BCUT2D eigenvalue weighted by atomic mass is 32.2. The molecule has 1 aliphatic rings. The van der Waals surface area contributed by atoms with Crippen molar-refractivity contribution < 1.29 is 17.6 Å². The second-order valence-electron chi connectivity index (χ2n) is 4.79. The van der Waals surface area contributed by atoms with Crippen molar-refractivity contribution >= 4 is 15.6 Å². The first-order chi connectivity index (χ1) is 7.27. The van der Waals surface area contributed by atoms with Gasteiger partial charge in [0, 0.05) is 0 Å². The third-order valence-corrected chi connectivity index (χ3v) is 5.83. The van der Waals surface area contributed by atoms with Gasteiger partial charge < -0.3 is 0 Å². The zero-order chi connectivity index (χ0) is 12.4. The monoisotopic (exact) mass is 250 g/mol. The third-order valence-electron chi connectivity index (χ3n) is 3.15. The van der Waals surface area contributed by atoms with Gasteiger partial charge in [-0.15, -0.1) is 0 Å². The Bertz CT molecular complexity index is 353. The average Bonchev–Trinajstić information content (AvgIpc) is 2.17. The van der Waals surface area contributed by atoms with Gasteiger partial charge in [0.25, 0.3) is 0 Å². The predicted molar refractivity (Wildman–Crippen MR) is 60.6 cm³/mol. The number of sulfone groups is 1. The fourth-order valence-electron chi connectivity index (χ4n) is 2.27. The molecule has 0 radical (unpaired) electrons. The second kappa shape index (κ2) is 4.82. The average molecular weight is 250 g/mol. The molecule has 1 atom stereocenters. The van der Waals surface area contributed by atoms with E-state index in [4.69, 9.17) is 0 Å². The summed E-state index contributed by atoms with van der Waals surface area (Å²) in [5, 5.41) is -3.00. The lowest BCUT2D eigenvalue weighted by molar-refractivity contribution is -0.118. The summed E-state index contributed by atoms with van der Waals surface area (Å²) >= 11 is 0. The lowest BCUT2D eigenvalue weighted by atomic mass is 10.0. The van der Waals surface area contributed by atoms with Crippen LogP contribution in [-0.2, 0) is 14.6 Å². The molecule has 5 heteroatoms. The molecule has 1 aliphatic carbocycles. The Morgan fingerprint density at radius 2 is 1.81 bits per heavy atom. The van der Waals surface area contributed by atoms with Gasteiger partial charge in [0.15, 0.2) is 9.84 Å². The molecule has 1 unspecified atom stereocenters. The highest BCUT2D eigenvalue weighted by molar-refractivity contribution is 7.93. The number of rotatable bonds is 4. The van der Waals surface area contributed by atoms with Crippen molar-refractivity contribution in [3.63, 3.8) is 0 Å². The van der Waals surface area contributed by atoms with Crippen molar-refractivity contribution in [2.45, 2.75) is 62.6 Å². The van der Waals surface area contributed by atoms with Gasteiger partial charge in [0.2, 0.25) is 5.00 Å². The summed E-state index contributed by atoms with van der Waals surface area (Å²) in [7, 11) is -3.84. The van der Waals surface area contributed by atoms with E-state index in [9.17, 15) is 17.6 Å². The van der Waals surface area contributed by atoms with Crippen molar-refractivity contribution in [2.75, 3.05) is 0 Å². The number of carbonyl (C=O) groups is 1. The Hall–Kier alpha value is -0.450.